The molecule has 0 radical (unpaired) electrons. The van der Waals surface area contributed by atoms with Crippen LogP contribution in [0.2, 0.25) is 0 Å². The van der Waals surface area contributed by atoms with Gasteiger partial charge in [-0.3, -0.25) is 0 Å². The second-order valence-electron chi connectivity index (χ2n) is 8.64. The van der Waals surface area contributed by atoms with Crippen molar-refractivity contribution in [1.29, 1.82) is 0 Å². The molecule has 3 nitrogen and oxygen atoms in total. The van der Waals surface area contributed by atoms with Gasteiger partial charge in [-0.05, 0) is 35.4 Å². The van der Waals surface area contributed by atoms with Crippen LogP contribution in [0.1, 0.15) is 0 Å². The zero-order chi connectivity index (χ0) is 23.2. The normalized spacial score (nSPS) is 11.4. The second kappa shape index (κ2) is 7.93. The summed E-state index contributed by atoms with van der Waals surface area (Å²) in [4.78, 5) is 10.2. The second-order valence-corrected chi connectivity index (χ2v) is 8.64. The number of fused-ring (bicyclic) bond motifs is 4. The average Bonchev–Trinajstić information content (AvgIpc) is 3.31. The molecule has 164 valence electrons. The van der Waals surface area contributed by atoms with Gasteiger partial charge in [-0.2, -0.15) is 0 Å². The summed E-state index contributed by atoms with van der Waals surface area (Å²) in [5.74, 6) is 0.692. The van der Waals surface area contributed by atoms with E-state index in [1.807, 2.05) is 54.6 Å². The molecule has 0 fully saturated rings. The zero-order valence-corrected chi connectivity index (χ0v) is 18.8. The molecule has 0 unspecified atom stereocenters. The number of rotatable bonds is 3. The molecular formula is C32H20N2O. The number of furan rings is 1. The molecule has 7 rings (SSSR count). The molecule has 0 atom stereocenters. The summed E-state index contributed by atoms with van der Waals surface area (Å²) >= 11 is 0. The molecule has 0 aliphatic carbocycles. The lowest BCUT2D eigenvalue weighted by Gasteiger charge is -2.11. The lowest BCUT2D eigenvalue weighted by Crippen LogP contribution is -1.96. The first-order valence-electron chi connectivity index (χ1n) is 11.7. The van der Waals surface area contributed by atoms with Gasteiger partial charge in [-0.15, -0.1) is 0 Å². The summed E-state index contributed by atoms with van der Waals surface area (Å²) in [6.07, 6.45) is 0. The lowest BCUT2D eigenvalue weighted by atomic mass is 9.97. The van der Waals surface area contributed by atoms with E-state index in [1.54, 1.807) is 0 Å². The summed E-state index contributed by atoms with van der Waals surface area (Å²) in [6.45, 7) is 0. The maximum Gasteiger partial charge on any atom is 0.161 e. The Morgan fingerprint density at radius 1 is 0.486 bits per heavy atom. The van der Waals surface area contributed by atoms with Crippen LogP contribution in [-0.4, -0.2) is 9.97 Å². The number of aromatic nitrogens is 2. The van der Waals surface area contributed by atoms with Gasteiger partial charge >= 0.3 is 0 Å². The molecule has 0 aliphatic heterocycles. The Kier molecular flexibility index (Phi) is 4.46. The van der Waals surface area contributed by atoms with E-state index in [4.69, 9.17) is 14.4 Å². The molecule has 5 aromatic carbocycles. The Morgan fingerprint density at radius 3 is 1.94 bits per heavy atom. The van der Waals surface area contributed by atoms with Crippen molar-refractivity contribution in [2.45, 2.75) is 0 Å². The predicted octanol–water partition coefficient (Wildman–Crippen LogP) is 8.53. The number of benzene rings is 5. The highest BCUT2D eigenvalue weighted by Crippen LogP contribution is 2.40. The maximum atomic E-state index is 6.32. The smallest absolute Gasteiger partial charge is 0.161 e. The van der Waals surface area contributed by atoms with E-state index in [9.17, 15) is 0 Å². The molecular weight excluding hydrogens is 428 g/mol. The van der Waals surface area contributed by atoms with Crippen LogP contribution in [0.25, 0.3) is 66.6 Å². The minimum Gasteiger partial charge on any atom is -0.456 e. The SMILES string of the molecule is c1ccc(-c2cc(-c3nc(-c4ccccc4)c4ccccc4n3)c3c(c2)oc2ccccc23)cc1. The number of hydrogen-bond acceptors (Lipinski definition) is 3. The third kappa shape index (κ3) is 3.29. The fourth-order valence-electron chi connectivity index (χ4n) is 4.84. The van der Waals surface area contributed by atoms with E-state index in [2.05, 4.69) is 66.7 Å². The third-order valence-electron chi connectivity index (χ3n) is 6.48. The van der Waals surface area contributed by atoms with Crippen LogP contribution >= 0.6 is 0 Å². The van der Waals surface area contributed by atoms with Crippen molar-refractivity contribution in [3.63, 3.8) is 0 Å². The molecule has 0 saturated heterocycles. The van der Waals surface area contributed by atoms with Crippen molar-refractivity contribution in [1.82, 2.24) is 9.97 Å². The Labute approximate surface area is 202 Å². The van der Waals surface area contributed by atoms with Crippen LogP contribution in [0.15, 0.2) is 126 Å². The van der Waals surface area contributed by atoms with Crippen LogP contribution in [-0.2, 0) is 0 Å². The highest BCUT2D eigenvalue weighted by Gasteiger charge is 2.18. The molecule has 0 aliphatic rings. The molecule has 35 heavy (non-hydrogen) atoms. The van der Waals surface area contributed by atoms with Crippen molar-refractivity contribution in [3.05, 3.63) is 121 Å². The standard InChI is InChI=1S/C32H20N2O/c1-3-11-21(12-4-1)23-19-26(30-25-16-8-10-18-28(25)35-29(30)20-23)32-33-27-17-9-7-15-24(27)31(34-32)22-13-5-2-6-14-22/h1-20H. The summed E-state index contributed by atoms with van der Waals surface area (Å²) in [5.41, 5.74) is 7.78. The lowest BCUT2D eigenvalue weighted by molar-refractivity contribution is 0.669. The molecule has 2 aromatic heterocycles. The van der Waals surface area contributed by atoms with Crippen LogP contribution in [0.5, 0.6) is 0 Å². The van der Waals surface area contributed by atoms with Crippen molar-refractivity contribution < 1.29 is 4.42 Å². The minimum absolute atomic E-state index is 0.692. The van der Waals surface area contributed by atoms with Gasteiger partial charge in [-0.25, -0.2) is 9.97 Å². The highest BCUT2D eigenvalue weighted by atomic mass is 16.3. The van der Waals surface area contributed by atoms with E-state index in [1.165, 1.54) is 0 Å². The Morgan fingerprint density at radius 2 is 1.14 bits per heavy atom. The fraction of sp³-hybridized carbons (Fsp3) is 0. The van der Waals surface area contributed by atoms with E-state index in [0.717, 1.165) is 60.8 Å². The number of hydrogen-bond donors (Lipinski definition) is 0. The fourth-order valence-corrected chi connectivity index (χ4v) is 4.84. The van der Waals surface area contributed by atoms with Gasteiger partial charge in [-0.1, -0.05) is 97.1 Å². The molecule has 0 bridgehead atoms. The van der Waals surface area contributed by atoms with E-state index in [-0.39, 0.29) is 0 Å². The van der Waals surface area contributed by atoms with Gasteiger partial charge in [0.15, 0.2) is 5.82 Å². The highest BCUT2D eigenvalue weighted by molar-refractivity contribution is 6.13. The van der Waals surface area contributed by atoms with Crippen LogP contribution < -0.4 is 0 Å². The van der Waals surface area contributed by atoms with Crippen molar-refractivity contribution in [3.8, 4) is 33.8 Å². The maximum absolute atomic E-state index is 6.32. The van der Waals surface area contributed by atoms with Gasteiger partial charge < -0.3 is 4.42 Å². The van der Waals surface area contributed by atoms with Gasteiger partial charge in [0.2, 0.25) is 0 Å². The predicted molar refractivity (Wildman–Crippen MR) is 143 cm³/mol. The molecule has 7 aromatic rings. The van der Waals surface area contributed by atoms with Gasteiger partial charge in [0.1, 0.15) is 11.2 Å². The average molecular weight is 449 g/mol. The molecule has 0 spiro atoms. The van der Waals surface area contributed by atoms with Crippen molar-refractivity contribution in [2.24, 2.45) is 0 Å². The van der Waals surface area contributed by atoms with Gasteiger partial charge in [0.05, 0.1) is 11.2 Å². The number of nitrogens with zero attached hydrogens (tertiary/aromatic N) is 2. The largest absolute Gasteiger partial charge is 0.456 e. The Bertz CT molecular complexity index is 1840. The van der Waals surface area contributed by atoms with Gasteiger partial charge in [0.25, 0.3) is 0 Å². The summed E-state index contributed by atoms with van der Waals surface area (Å²) in [6, 6.07) is 41.4. The van der Waals surface area contributed by atoms with Crippen LogP contribution in [0.4, 0.5) is 0 Å². The van der Waals surface area contributed by atoms with Crippen molar-refractivity contribution >= 4 is 32.8 Å². The quantitative estimate of drug-likeness (QED) is 0.272. The molecule has 0 saturated carbocycles. The summed E-state index contributed by atoms with van der Waals surface area (Å²) < 4.78 is 6.32. The van der Waals surface area contributed by atoms with E-state index < -0.39 is 0 Å². The Balaban J connectivity index is 1.59. The van der Waals surface area contributed by atoms with Crippen LogP contribution in [0, 0.1) is 0 Å². The van der Waals surface area contributed by atoms with E-state index >= 15 is 0 Å². The first-order chi connectivity index (χ1) is 17.3. The molecule has 2 heterocycles. The molecule has 0 amide bonds. The van der Waals surface area contributed by atoms with Crippen LogP contribution in [0.3, 0.4) is 0 Å². The van der Waals surface area contributed by atoms with E-state index in [0.29, 0.717) is 5.82 Å². The monoisotopic (exact) mass is 448 g/mol. The minimum atomic E-state index is 0.692. The first kappa shape index (κ1) is 19.7. The first-order valence-corrected chi connectivity index (χ1v) is 11.7. The topological polar surface area (TPSA) is 38.9 Å². The van der Waals surface area contributed by atoms with Gasteiger partial charge in [0, 0.05) is 27.3 Å². The third-order valence-corrected chi connectivity index (χ3v) is 6.48. The molecule has 0 N–H and O–H groups in total. The summed E-state index contributed by atoms with van der Waals surface area (Å²) in [5, 5.41) is 3.14. The summed E-state index contributed by atoms with van der Waals surface area (Å²) in [7, 11) is 0. The molecule has 3 heteroatoms. The van der Waals surface area contributed by atoms with Crippen molar-refractivity contribution in [2.75, 3.05) is 0 Å². The Hall–Kier alpha value is -4.76. The number of para-hydroxylation sites is 2. The zero-order valence-electron chi connectivity index (χ0n) is 18.8.